The van der Waals surface area contributed by atoms with Crippen LogP contribution in [-0.2, 0) is 0 Å². The van der Waals surface area contributed by atoms with E-state index in [2.05, 4.69) is 0 Å². The van der Waals surface area contributed by atoms with Gasteiger partial charge < -0.3 is 9.47 Å². The molecule has 0 saturated heterocycles. The molecular formula is C24H22O4. The summed E-state index contributed by atoms with van der Waals surface area (Å²) in [4.78, 5) is 24.6. The van der Waals surface area contributed by atoms with Crippen LogP contribution in [0.2, 0.25) is 0 Å². The van der Waals surface area contributed by atoms with Gasteiger partial charge in [0.15, 0.2) is 0 Å². The van der Waals surface area contributed by atoms with Crippen molar-refractivity contribution in [2.75, 3.05) is 0 Å². The first kappa shape index (κ1) is 19.4. The van der Waals surface area contributed by atoms with Gasteiger partial charge in [-0.15, -0.1) is 0 Å². The summed E-state index contributed by atoms with van der Waals surface area (Å²) in [5.74, 6) is -0.0341. The Labute approximate surface area is 164 Å². The van der Waals surface area contributed by atoms with Crippen LogP contribution >= 0.6 is 0 Å². The van der Waals surface area contributed by atoms with E-state index in [4.69, 9.17) is 9.47 Å². The number of aryl methyl sites for hydroxylation is 4. The highest BCUT2D eigenvalue weighted by Gasteiger charge is 2.12. The molecule has 0 atom stereocenters. The minimum Gasteiger partial charge on any atom is -0.423 e. The van der Waals surface area contributed by atoms with E-state index in [-0.39, 0.29) is 0 Å². The Bertz CT molecular complexity index is 1030. The van der Waals surface area contributed by atoms with Crippen molar-refractivity contribution in [2.24, 2.45) is 0 Å². The Morgan fingerprint density at radius 2 is 1.00 bits per heavy atom. The molecule has 28 heavy (non-hydrogen) atoms. The number of rotatable bonds is 4. The molecule has 0 spiro atoms. The van der Waals surface area contributed by atoms with E-state index < -0.39 is 11.9 Å². The quantitative estimate of drug-likeness (QED) is 0.456. The Morgan fingerprint density at radius 1 is 0.536 bits per heavy atom. The molecule has 0 aliphatic carbocycles. The van der Waals surface area contributed by atoms with E-state index in [1.54, 1.807) is 42.5 Å². The van der Waals surface area contributed by atoms with Gasteiger partial charge in [-0.3, -0.25) is 0 Å². The number of carbonyl (C=O) groups excluding carboxylic acids is 2. The third-order valence-electron chi connectivity index (χ3n) is 4.73. The topological polar surface area (TPSA) is 52.6 Å². The highest BCUT2D eigenvalue weighted by atomic mass is 16.5. The summed E-state index contributed by atoms with van der Waals surface area (Å²) in [6.45, 7) is 7.90. The van der Waals surface area contributed by atoms with Gasteiger partial charge in [0, 0.05) is 0 Å². The second-order valence-electron chi connectivity index (χ2n) is 6.85. The summed E-state index contributed by atoms with van der Waals surface area (Å²) < 4.78 is 10.8. The molecule has 0 radical (unpaired) electrons. The average Bonchev–Trinajstić information content (AvgIpc) is 2.67. The summed E-state index contributed by atoms with van der Waals surface area (Å²) in [5.41, 5.74) is 5.20. The monoisotopic (exact) mass is 374 g/mol. The molecule has 0 aliphatic rings. The van der Waals surface area contributed by atoms with Gasteiger partial charge >= 0.3 is 11.9 Å². The van der Waals surface area contributed by atoms with Crippen molar-refractivity contribution in [3.8, 4) is 11.5 Å². The maximum absolute atomic E-state index is 12.3. The summed E-state index contributed by atoms with van der Waals surface area (Å²) in [6, 6.07) is 17.2. The summed E-state index contributed by atoms with van der Waals surface area (Å²) >= 11 is 0. The third kappa shape index (κ3) is 4.46. The first-order chi connectivity index (χ1) is 13.3. The van der Waals surface area contributed by atoms with E-state index in [1.807, 2.05) is 45.9 Å². The maximum atomic E-state index is 12.3. The molecule has 0 heterocycles. The van der Waals surface area contributed by atoms with Gasteiger partial charge in [-0.05, 0) is 98.5 Å². The van der Waals surface area contributed by atoms with Crippen LogP contribution in [0.15, 0.2) is 60.7 Å². The van der Waals surface area contributed by atoms with Crippen LogP contribution < -0.4 is 9.47 Å². The van der Waals surface area contributed by atoms with Crippen LogP contribution in [0.3, 0.4) is 0 Å². The van der Waals surface area contributed by atoms with Crippen molar-refractivity contribution in [1.82, 2.24) is 0 Å². The second-order valence-corrected chi connectivity index (χ2v) is 6.85. The predicted octanol–water partition coefficient (Wildman–Crippen LogP) is 5.36. The van der Waals surface area contributed by atoms with Crippen molar-refractivity contribution in [3.05, 3.63) is 94.0 Å². The van der Waals surface area contributed by atoms with E-state index in [0.717, 1.165) is 22.3 Å². The van der Waals surface area contributed by atoms with E-state index >= 15 is 0 Å². The van der Waals surface area contributed by atoms with Crippen molar-refractivity contribution in [3.63, 3.8) is 0 Å². The molecule has 0 unspecified atom stereocenters. The Morgan fingerprint density at radius 3 is 1.61 bits per heavy atom. The maximum Gasteiger partial charge on any atom is 0.343 e. The van der Waals surface area contributed by atoms with Crippen molar-refractivity contribution < 1.29 is 19.1 Å². The van der Waals surface area contributed by atoms with Crippen LogP contribution in [0.4, 0.5) is 0 Å². The van der Waals surface area contributed by atoms with Crippen molar-refractivity contribution in [2.45, 2.75) is 27.7 Å². The van der Waals surface area contributed by atoms with Crippen LogP contribution in [0.25, 0.3) is 0 Å². The fourth-order valence-electron chi connectivity index (χ4n) is 2.64. The first-order valence-corrected chi connectivity index (χ1v) is 9.02. The summed E-state index contributed by atoms with van der Waals surface area (Å²) in [7, 11) is 0. The number of ether oxygens (including phenoxy) is 2. The molecule has 3 aromatic rings. The van der Waals surface area contributed by atoms with Gasteiger partial charge in [-0.25, -0.2) is 9.59 Å². The highest BCUT2D eigenvalue weighted by Crippen LogP contribution is 2.20. The zero-order valence-electron chi connectivity index (χ0n) is 16.4. The number of hydrogen-bond acceptors (Lipinski definition) is 4. The lowest BCUT2D eigenvalue weighted by molar-refractivity contribution is 0.0730. The fraction of sp³-hybridized carbons (Fsp3) is 0.167. The smallest absolute Gasteiger partial charge is 0.343 e. The van der Waals surface area contributed by atoms with E-state index in [9.17, 15) is 9.59 Å². The summed E-state index contributed by atoms with van der Waals surface area (Å²) in [5, 5.41) is 0. The molecule has 4 nitrogen and oxygen atoms in total. The lowest BCUT2D eigenvalue weighted by atomic mass is 10.1. The lowest BCUT2D eigenvalue weighted by Crippen LogP contribution is -2.10. The highest BCUT2D eigenvalue weighted by molar-refractivity contribution is 5.92. The number of benzene rings is 3. The van der Waals surface area contributed by atoms with Gasteiger partial charge in [-0.1, -0.05) is 12.1 Å². The van der Waals surface area contributed by atoms with E-state index in [1.165, 1.54) is 0 Å². The Balaban J connectivity index is 1.66. The number of carbonyl (C=O) groups is 2. The zero-order valence-corrected chi connectivity index (χ0v) is 16.4. The third-order valence-corrected chi connectivity index (χ3v) is 4.73. The van der Waals surface area contributed by atoms with Crippen LogP contribution in [0, 0.1) is 27.7 Å². The molecule has 0 aromatic heterocycles. The molecule has 142 valence electrons. The molecule has 0 saturated carbocycles. The molecular weight excluding hydrogens is 352 g/mol. The van der Waals surface area contributed by atoms with Crippen LogP contribution in [0.1, 0.15) is 43.0 Å². The molecule has 0 aliphatic heterocycles. The predicted molar refractivity (Wildman–Crippen MR) is 108 cm³/mol. The largest absolute Gasteiger partial charge is 0.423 e. The van der Waals surface area contributed by atoms with Gasteiger partial charge in [0.1, 0.15) is 11.5 Å². The number of hydrogen-bond donors (Lipinski definition) is 0. The van der Waals surface area contributed by atoms with Gasteiger partial charge in [0.05, 0.1) is 11.1 Å². The number of esters is 2. The molecule has 3 rings (SSSR count). The summed E-state index contributed by atoms with van der Waals surface area (Å²) in [6.07, 6.45) is 0. The van der Waals surface area contributed by atoms with Crippen LogP contribution in [0.5, 0.6) is 11.5 Å². The molecule has 0 amide bonds. The standard InChI is InChI=1S/C24H22O4/c1-15-5-7-20(13-17(15)3)24(26)27-21-11-8-19(9-12-21)23(25)28-22-10-6-16(2)18(4)14-22/h5-14H,1-4H3. The van der Waals surface area contributed by atoms with Crippen molar-refractivity contribution >= 4 is 11.9 Å². The van der Waals surface area contributed by atoms with Crippen molar-refractivity contribution in [1.29, 1.82) is 0 Å². The molecule has 4 heteroatoms. The SMILES string of the molecule is Cc1ccc(OC(=O)c2ccc(OC(=O)c3ccc(C)c(C)c3)cc2)cc1C. The van der Waals surface area contributed by atoms with Gasteiger partial charge in [0.25, 0.3) is 0 Å². The first-order valence-electron chi connectivity index (χ1n) is 9.02. The molecule has 0 N–H and O–H groups in total. The minimum atomic E-state index is -0.463. The molecule has 3 aromatic carbocycles. The zero-order chi connectivity index (χ0) is 20.3. The lowest BCUT2D eigenvalue weighted by Gasteiger charge is -2.08. The van der Waals surface area contributed by atoms with E-state index in [0.29, 0.717) is 22.6 Å². The Hall–Kier alpha value is -3.40. The minimum absolute atomic E-state index is 0.367. The second kappa shape index (κ2) is 8.09. The average molecular weight is 374 g/mol. The fourth-order valence-corrected chi connectivity index (χ4v) is 2.64. The Kier molecular flexibility index (Phi) is 5.59. The van der Waals surface area contributed by atoms with Gasteiger partial charge in [-0.2, -0.15) is 0 Å². The normalized spacial score (nSPS) is 10.4. The van der Waals surface area contributed by atoms with Crippen LogP contribution in [-0.4, -0.2) is 11.9 Å². The molecule has 0 bridgehead atoms. The van der Waals surface area contributed by atoms with Gasteiger partial charge in [0.2, 0.25) is 0 Å². The molecule has 0 fully saturated rings.